The maximum Gasteiger partial charge on any atom is 0.142 e. The van der Waals surface area contributed by atoms with E-state index in [-0.39, 0.29) is 10.4 Å². The van der Waals surface area contributed by atoms with E-state index in [0.29, 0.717) is 18.7 Å². The van der Waals surface area contributed by atoms with Gasteiger partial charge in [0.1, 0.15) is 5.82 Å². The summed E-state index contributed by atoms with van der Waals surface area (Å²) >= 11 is 5.84. The van der Waals surface area contributed by atoms with Crippen LogP contribution in [0.15, 0.2) is 18.2 Å². The quantitative estimate of drug-likeness (QED) is 0.862. The van der Waals surface area contributed by atoms with E-state index in [2.05, 4.69) is 26.1 Å². The number of aliphatic hydroxyl groups excluding tert-OH is 1. The Kier molecular flexibility index (Phi) is 5.57. The maximum absolute atomic E-state index is 13.2. The number of aliphatic hydroxyl groups is 1. The summed E-state index contributed by atoms with van der Waals surface area (Å²) in [5, 5.41) is 13.1. The van der Waals surface area contributed by atoms with E-state index in [1.807, 2.05) is 0 Å². The highest BCUT2D eigenvalue weighted by molar-refractivity contribution is 6.31. The van der Waals surface area contributed by atoms with Crippen LogP contribution >= 0.6 is 11.6 Å². The Hall–Kier alpha value is -0.640. The van der Waals surface area contributed by atoms with Crippen LogP contribution in [-0.2, 0) is 6.54 Å². The van der Waals surface area contributed by atoms with Gasteiger partial charge in [-0.1, -0.05) is 44.5 Å². The second kappa shape index (κ2) is 6.50. The lowest BCUT2D eigenvalue weighted by Crippen LogP contribution is -2.29. The number of hydrogen-bond donors (Lipinski definition) is 2. The Morgan fingerprint density at radius 2 is 2.06 bits per heavy atom. The molecule has 0 saturated carbocycles. The maximum atomic E-state index is 13.2. The zero-order valence-electron chi connectivity index (χ0n) is 11.1. The molecule has 0 amide bonds. The molecule has 0 fully saturated rings. The minimum Gasteiger partial charge on any atom is -0.392 e. The molecule has 102 valence electrons. The first kappa shape index (κ1) is 15.4. The Morgan fingerprint density at radius 1 is 1.39 bits per heavy atom. The molecular weight excluding hydrogens is 253 g/mol. The predicted octanol–water partition coefficient (Wildman–Crippen LogP) is 3.37. The summed E-state index contributed by atoms with van der Waals surface area (Å²) in [6.07, 6.45) is 0.314. The van der Waals surface area contributed by atoms with Crippen molar-refractivity contribution in [1.82, 2.24) is 5.32 Å². The van der Waals surface area contributed by atoms with Crippen molar-refractivity contribution < 1.29 is 9.50 Å². The monoisotopic (exact) mass is 273 g/mol. The van der Waals surface area contributed by atoms with Gasteiger partial charge in [-0.3, -0.25) is 0 Å². The fourth-order valence-electron chi connectivity index (χ4n) is 1.84. The molecule has 1 aromatic carbocycles. The second-order valence-electron chi connectivity index (χ2n) is 5.76. The highest BCUT2D eigenvalue weighted by Gasteiger charge is 2.16. The summed E-state index contributed by atoms with van der Waals surface area (Å²) in [5.74, 6) is -0.411. The normalized spacial score (nSPS) is 13.7. The molecule has 0 heterocycles. The fourth-order valence-corrected chi connectivity index (χ4v) is 2.03. The lowest BCUT2D eigenvalue weighted by atomic mass is 9.89. The third-order valence-corrected chi connectivity index (χ3v) is 3.00. The molecule has 0 aliphatic heterocycles. The number of benzene rings is 1. The third-order valence-electron chi connectivity index (χ3n) is 2.57. The predicted molar refractivity (Wildman–Crippen MR) is 73.2 cm³/mol. The Morgan fingerprint density at radius 3 is 2.67 bits per heavy atom. The molecule has 0 spiro atoms. The standard InChI is InChI=1S/C14H21ClFNO/c1-14(2,3)7-11(18)9-17-8-10-5-4-6-12(16)13(10)15/h4-6,11,17-18H,7-9H2,1-3H3. The summed E-state index contributed by atoms with van der Waals surface area (Å²) in [7, 11) is 0. The molecule has 0 saturated heterocycles. The molecule has 2 nitrogen and oxygen atoms in total. The van der Waals surface area contributed by atoms with Crippen molar-refractivity contribution in [3.8, 4) is 0 Å². The average molecular weight is 274 g/mol. The molecule has 1 aromatic rings. The van der Waals surface area contributed by atoms with Crippen LogP contribution in [0.3, 0.4) is 0 Å². The van der Waals surface area contributed by atoms with E-state index < -0.39 is 11.9 Å². The van der Waals surface area contributed by atoms with Crippen molar-refractivity contribution >= 4 is 11.6 Å². The highest BCUT2D eigenvalue weighted by atomic mass is 35.5. The lowest BCUT2D eigenvalue weighted by molar-refractivity contribution is 0.119. The van der Waals surface area contributed by atoms with Gasteiger partial charge < -0.3 is 10.4 Å². The zero-order valence-corrected chi connectivity index (χ0v) is 11.9. The van der Waals surface area contributed by atoms with Gasteiger partial charge in [0, 0.05) is 13.1 Å². The van der Waals surface area contributed by atoms with Gasteiger partial charge >= 0.3 is 0 Å². The van der Waals surface area contributed by atoms with E-state index in [4.69, 9.17) is 11.6 Å². The number of rotatable bonds is 5. The summed E-state index contributed by atoms with van der Waals surface area (Å²) in [6, 6.07) is 4.73. The molecule has 4 heteroatoms. The topological polar surface area (TPSA) is 32.3 Å². The minimum atomic E-state index is -0.411. The zero-order chi connectivity index (χ0) is 13.8. The van der Waals surface area contributed by atoms with E-state index >= 15 is 0 Å². The minimum absolute atomic E-state index is 0.0948. The molecule has 0 aliphatic rings. The van der Waals surface area contributed by atoms with Crippen LogP contribution in [0.25, 0.3) is 0 Å². The third kappa shape index (κ3) is 5.34. The SMILES string of the molecule is CC(C)(C)CC(O)CNCc1cccc(F)c1Cl. The van der Waals surface area contributed by atoms with Crippen LogP contribution in [0.1, 0.15) is 32.8 Å². The smallest absolute Gasteiger partial charge is 0.142 e. The highest BCUT2D eigenvalue weighted by Crippen LogP contribution is 2.21. The van der Waals surface area contributed by atoms with Crippen LogP contribution in [-0.4, -0.2) is 17.8 Å². The van der Waals surface area contributed by atoms with Gasteiger partial charge in [0.05, 0.1) is 11.1 Å². The molecule has 0 aromatic heterocycles. The molecule has 1 atom stereocenters. The van der Waals surface area contributed by atoms with Crippen molar-refractivity contribution in [3.63, 3.8) is 0 Å². The molecule has 0 bridgehead atoms. The molecule has 1 unspecified atom stereocenters. The molecule has 0 radical (unpaired) electrons. The van der Waals surface area contributed by atoms with Crippen LogP contribution in [0.2, 0.25) is 5.02 Å². The van der Waals surface area contributed by atoms with Gasteiger partial charge in [0.25, 0.3) is 0 Å². The van der Waals surface area contributed by atoms with Crippen molar-refractivity contribution in [2.24, 2.45) is 5.41 Å². The Labute approximate surface area is 113 Å². The van der Waals surface area contributed by atoms with Crippen LogP contribution in [0, 0.1) is 11.2 Å². The lowest BCUT2D eigenvalue weighted by Gasteiger charge is -2.22. The number of nitrogens with one attached hydrogen (secondary N) is 1. The molecule has 0 aliphatic carbocycles. The Balaban J connectivity index is 2.40. The summed E-state index contributed by atoms with van der Waals surface area (Å²) in [4.78, 5) is 0. The van der Waals surface area contributed by atoms with Crippen LogP contribution < -0.4 is 5.32 Å². The van der Waals surface area contributed by atoms with Crippen molar-refractivity contribution in [2.45, 2.75) is 39.8 Å². The van der Waals surface area contributed by atoms with Gasteiger partial charge in [0.15, 0.2) is 0 Å². The first-order valence-corrected chi connectivity index (χ1v) is 6.49. The van der Waals surface area contributed by atoms with Crippen molar-refractivity contribution in [2.75, 3.05) is 6.54 Å². The van der Waals surface area contributed by atoms with Gasteiger partial charge in [-0.25, -0.2) is 4.39 Å². The van der Waals surface area contributed by atoms with Crippen molar-refractivity contribution in [3.05, 3.63) is 34.6 Å². The Bertz CT molecular complexity index is 390. The van der Waals surface area contributed by atoms with Gasteiger partial charge in [-0.15, -0.1) is 0 Å². The second-order valence-corrected chi connectivity index (χ2v) is 6.14. The summed E-state index contributed by atoms with van der Waals surface area (Å²) in [6.45, 7) is 7.18. The van der Waals surface area contributed by atoms with Gasteiger partial charge in [0.2, 0.25) is 0 Å². The van der Waals surface area contributed by atoms with E-state index in [0.717, 1.165) is 6.42 Å². The molecular formula is C14H21ClFNO. The van der Waals surface area contributed by atoms with Gasteiger partial charge in [-0.05, 0) is 23.5 Å². The fraction of sp³-hybridized carbons (Fsp3) is 0.571. The summed E-state index contributed by atoms with van der Waals surface area (Å²) in [5.41, 5.74) is 0.803. The van der Waals surface area contributed by atoms with Crippen LogP contribution in [0.5, 0.6) is 0 Å². The van der Waals surface area contributed by atoms with E-state index in [1.54, 1.807) is 12.1 Å². The van der Waals surface area contributed by atoms with E-state index in [1.165, 1.54) is 6.07 Å². The number of hydrogen-bond acceptors (Lipinski definition) is 2. The molecule has 2 N–H and O–H groups in total. The van der Waals surface area contributed by atoms with Crippen molar-refractivity contribution in [1.29, 1.82) is 0 Å². The largest absolute Gasteiger partial charge is 0.392 e. The molecule has 1 rings (SSSR count). The summed E-state index contributed by atoms with van der Waals surface area (Å²) < 4.78 is 13.2. The van der Waals surface area contributed by atoms with Crippen LogP contribution in [0.4, 0.5) is 4.39 Å². The average Bonchev–Trinajstić information content (AvgIpc) is 2.21. The molecule has 18 heavy (non-hydrogen) atoms. The van der Waals surface area contributed by atoms with E-state index in [9.17, 15) is 9.50 Å². The number of halogens is 2. The first-order valence-electron chi connectivity index (χ1n) is 6.11. The first-order chi connectivity index (χ1) is 8.29. The van der Waals surface area contributed by atoms with Gasteiger partial charge in [-0.2, -0.15) is 0 Å².